The lowest BCUT2D eigenvalue weighted by atomic mass is 10.3. The number of nitrogen functional groups attached to an aromatic ring is 3. The van der Waals surface area contributed by atoms with Crippen LogP contribution in [0.2, 0.25) is 0 Å². The Kier molecular flexibility index (Phi) is 4.58. The van der Waals surface area contributed by atoms with E-state index < -0.39 is 35.7 Å². The highest BCUT2D eigenvalue weighted by molar-refractivity contribution is 7.86. The summed E-state index contributed by atoms with van der Waals surface area (Å²) < 4.78 is 63.2. The van der Waals surface area contributed by atoms with Gasteiger partial charge in [0.15, 0.2) is 17.3 Å². The van der Waals surface area contributed by atoms with Crippen LogP contribution in [0.4, 0.5) is 29.0 Å². The fourth-order valence-electron chi connectivity index (χ4n) is 1.66. The van der Waals surface area contributed by atoms with Gasteiger partial charge in [-0.25, -0.2) is 0 Å². The molecule has 1 aromatic carbocycles. The number of anilines is 3. The fourth-order valence-corrected chi connectivity index (χ4v) is 2.89. The van der Waals surface area contributed by atoms with E-state index in [9.17, 15) is 21.4 Å². The highest BCUT2D eigenvalue weighted by Gasteiger charge is 2.21. The summed E-state index contributed by atoms with van der Waals surface area (Å²) in [5.41, 5.74) is 15.8. The molecule has 25 heavy (non-hydrogen) atoms. The average Bonchev–Trinajstić information content (AvgIpc) is 2.44. The molecule has 0 amide bonds. The van der Waals surface area contributed by atoms with Gasteiger partial charge in [-0.2, -0.15) is 26.8 Å². The summed E-state index contributed by atoms with van der Waals surface area (Å²) in [4.78, 5) is 5.50. The number of aromatic nitrogens is 2. The van der Waals surface area contributed by atoms with E-state index in [1.807, 2.05) is 0 Å². The van der Waals surface area contributed by atoms with Crippen molar-refractivity contribution >= 4 is 49.2 Å². The van der Waals surface area contributed by atoms with E-state index >= 15 is 0 Å². The van der Waals surface area contributed by atoms with Gasteiger partial charge in [0.2, 0.25) is 5.95 Å². The first-order valence-electron chi connectivity index (χ1n) is 6.09. The molecule has 134 valence electrons. The topological polar surface area (TPSA) is 237 Å². The first kappa shape index (κ1) is 18.5. The number of hydrogen-bond acceptors (Lipinski definition) is 11. The number of nitrogens with zero attached hydrogens (tertiary/aromatic N) is 4. The molecule has 1 heterocycles. The molecule has 15 heteroatoms. The second-order valence-electron chi connectivity index (χ2n) is 4.48. The molecule has 8 N–H and O–H groups in total. The average molecular weight is 389 g/mol. The third-order valence-electron chi connectivity index (χ3n) is 2.72. The fraction of sp³-hybridized carbons (Fsp3) is 0. The van der Waals surface area contributed by atoms with Crippen LogP contribution in [0.15, 0.2) is 38.2 Å². The zero-order chi connectivity index (χ0) is 19.0. The Labute approximate surface area is 141 Å². The molecule has 13 nitrogen and oxygen atoms in total. The molecular formula is C10H11N7O6S2. The lowest BCUT2D eigenvalue weighted by Gasteiger charge is -2.05. The maximum atomic E-state index is 11.4. The quantitative estimate of drug-likeness (QED) is 0.347. The minimum atomic E-state index is -4.89. The van der Waals surface area contributed by atoms with Gasteiger partial charge in [0.05, 0.1) is 4.90 Å². The second-order valence-corrected chi connectivity index (χ2v) is 7.29. The predicted molar refractivity (Wildman–Crippen MR) is 85.5 cm³/mol. The second kappa shape index (κ2) is 6.20. The van der Waals surface area contributed by atoms with Crippen LogP contribution in [-0.2, 0) is 20.2 Å². The Morgan fingerprint density at radius 1 is 0.880 bits per heavy atom. The minimum absolute atomic E-state index is 0.214. The van der Waals surface area contributed by atoms with Crippen molar-refractivity contribution in [2.75, 3.05) is 17.2 Å². The highest BCUT2D eigenvalue weighted by Crippen LogP contribution is 2.32. The molecule has 0 aliphatic heterocycles. The van der Waals surface area contributed by atoms with Gasteiger partial charge >= 0.3 is 0 Å². The molecular weight excluding hydrogens is 378 g/mol. The van der Waals surface area contributed by atoms with Gasteiger partial charge in [-0.05, 0) is 18.2 Å². The van der Waals surface area contributed by atoms with Crippen molar-refractivity contribution in [1.29, 1.82) is 0 Å². The Bertz CT molecular complexity index is 1060. The van der Waals surface area contributed by atoms with Gasteiger partial charge in [0, 0.05) is 0 Å². The van der Waals surface area contributed by atoms with Crippen LogP contribution in [0.25, 0.3) is 0 Å². The van der Waals surface area contributed by atoms with Crippen molar-refractivity contribution in [3.8, 4) is 0 Å². The number of rotatable bonds is 4. The number of hydrogen-bond donors (Lipinski definition) is 5. The zero-order valence-electron chi connectivity index (χ0n) is 12.1. The maximum Gasteiger partial charge on any atom is 0.296 e. The molecule has 2 aromatic rings. The molecule has 0 bridgehead atoms. The smallest absolute Gasteiger partial charge is 0.296 e. The summed E-state index contributed by atoms with van der Waals surface area (Å²) >= 11 is 0. The predicted octanol–water partition coefficient (Wildman–Crippen LogP) is 0.132. The molecule has 0 fully saturated rings. The molecule has 2 rings (SSSR count). The Morgan fingerprint density at radius 2 is 1.44 bits per heavy atom. The molecule has 0 saturated heterocycles. The Balaban J connectivity index is 2.61. The van der Waals surface area contributed by atoms with Crippen LogP contribution in [0.3, 0.4) is 0 Å². The third-order valence-corrected chi connectivity index (χ3v) is 4.45. The van der Waals surface area contributed by atoms with E-state index in [4.69, 9.17) is 21.8 Å². The molecule has 0 radical (unpaired) electrons. The van der Waals surface area contributed by atoms with Crippen LogP contribution in [-0.4, -0.2) is 35.9 Å². The number of nitrogens with two attached hydrogens (primary N) is 3. The monoisotopic (exact) mass is 389 g/mol. The van der Waals surface area contributed by atoms with E-state index in [-0.39, 0.29) is 23.3 Å². The summed E-state index contributed by atoms with van der Waals surface area (Å²) in [6, 6.07) is 2.25. The summed E-state index contributed by atoms with van der Waals surface area (Å²) in [5, 5.41) is 7.14. The number of benzene rings is 1. The van der Waals surface area contributed by atoms with Gasteiger partial charge in [-0.1, -0.05) is 0 Å². The summed E-state index contributed by atoms with van der Waals surface area (Å²) in [7, 11) is -9.60. The van der Waals surface area contributed by atoms with Gasteiger partial charge < -0.3 is 17.2 Å². The molecule has 0 aliphatic carbocycles. The highest BCUT2D eigenvalue weighted by atomic mass is 32.2. The van der Waals surface area contributed by atoms with Crippen molar-refractivity contribution in [2.45, 2.75) is 9.79 Å². The van der Waals surface area contributed by atoms with Crippen LogP contribution in [0, 0.1) is 0 Å². The van der Waals surface area contributed by atoms with Gasteiger partial charge in [0.1, 0.15) is 10.6 Å². The van der Waals surface area contributed by atoms with E-state index in [0.717, 1.165) is 12.1 Å². The summed E-state index contributed by atoms with van der Waals surface area (Å²) in [5.74, 6) is -0.696. The first-order chi connectivity index (χ1) is 11.4. The number of azo groups is 1. The van der Waals surface area contributed by atoms with Crippen molar-refractivity contribution in [3.63, 3.8) is 0 Å². The molecule has 0 aliphatic rings. The minimum Gasteiger partial charge on any atom is -0.382 e. The Hall–Kier alpha value is -2.88. The SMILES string of the molecule is Nc1nc(N)c(N=Nc2ccc(S(=O)(=O)O)cc2S(=O)(=O)O)c(N)n1. The van der Waals surface area contributed by atoms with Gasteiger partial charge in [-0.15, -0.1) is 10.2 Å². The summed E-state index contributed by atoms with van der Waals surface area (Å²) in [6.45, 7) is 0. The molecule has 0 saturated carbocycles. The van der Waals surface area contributed by atoms with E-state index in [0.29, 0.717) is 6.07 Å². The van der Waals surface area contributed by atoms with Crippen LogP contribution < -0.4 is 17.2 Å². The van der Waals surface area contributed by atoms with E-state index in [1.54, 1.807) is 0 Å². The molecule has 0 spiro atoms. The van der Waals surface area contributed by atoms with Gasteiger partial charge in [-0.3, -0.25) is 9.11 Å². The summed E-state index contributed by atoms with van der Waals surface area (Å²) in [6.07, 6.45) is 0. The lowest BCUT2D eigenvalue weighted by molar-refractivity contribution is 0.481. The van der Waals surface area contributed by atoms with Crippen molar-refractivity contribution in [2.24, 2.45) is 10.2 Å². The standard InChI is InChI=1S/C10H11N7O6S2/c11-8-7(9(12)15-10(13)14-8)17-16-5-2-1-4(24(18,19)20)3-6(5)25(21,22)23/h1-3H,(H,18,19,20)(H,21,22,23)(H6,11,12,13,14,15). The Morgan fingerprint density at radius 3 is 1.92 bits per heavy atom. The normalized spacial score (nSPS) is 12.6. The van der Waals surface area contributed by atoms with Crippen LogP contribution in [0.1, 0.15) is 0 Å². The van der Waals surface area contributed by atoms with Crippen molar-refractivity contribution in [1.82, 2.24) is 9.97 Å². The van der Waals surface area contributed by atoms with Crippen LogP contribution >= 0.6 is 0 Å². The van der Waals surface area contributed by atoms with Crippen molar-refractivity contribution < 1.29 is 25.9 Å². The first-order valence-corrected chi connectivity index (χ1v) is 8.97. The van der Waals surface area contributed by atoms with Crippen LogP contribution in [0.5, 0.6) is 0 Å². The third kappa shape index (κ3) is 4.15. The molecule has 1 aromatic heterocycles. The zero-order valence-corrected chi connectivity index (χ0v) is 13.7. The van der Waals surface area contributed by atoms with Gasteiger partial charge in [0.25, 0.3) is 20.2 Å². The lowest BCUT2D eigenvalue weighted by Crippen LogP contribution is -2.04. The van der Waals surface area contributed by atoms with E-state index in [1.165, 1.54) is 0 Å². The van der Waals surface area contributed by atoms with Crippen molar-refractivity contribution in [3.05, 3.63) is 18.2 Å². The molecule has 0 unspecified atom stereocenters. The molecule has 0 atom stereocenters. The van der Waals surface area contributed by atoms with E-state index in [2.05, 4.69) is 20.2 Å². The maximum absolute atomic E-state index is 11.4. The largest absolute Gasteiger partial charge is 0.382 e.